The molecule has 0 aromatic rings. The third-order valence-electron chi connectivity index (χ3n) is 3.04. The second-order valence-electron chi connectivity index (χ2n) is 4.06. The van der Waals surface area contributed by atoms with E-state index in [4.69, 9.17) is 4.74 Å². The van der Waals surface area contributed by atoms with Crippen LogP contribution in [0.5, 0.6) is 0 Å². The number of carbonyl (C=O) groups excluding carboxylic acids is 1. The maximum Gasteiger partial charge on any atom is 0.338 e. The molecule has 17 heavy (non-hydrogen) atoms. The van der Waals surface area contributed by atoms with Crippen LogP contribution in [0.2, 0.25) is 0 Å². The summed E-state index contributed by atoms with van der Waals surface area (Å²) >= 11 is 0. The van der Waals surface area contributed by atoms with Crippen LogP contribution in [0.15, 0.2) is 30.3 Å². The van der Waals surface area contributed by atoms with Gasteiger partial charge in [-0.2, -0.15) is 0 Å². The van der Waals surface area contributed by atoms with Crippen molar-refractivity contribution in [2.24, 2.45) is 0 Å². The van der Waals surface area contributed by atoms with Crippen molar-refractivity contribution in [2.45, 2.75) is 6.92 Å². The van der Waals surface area contributed by atoms with Crippen molar-refractivity contribution in [1.29, 1.82) is 0 Å². The highest BCUT2D eigenvalue weighted by molar-refractivity contribution is 6.00. The molecule has 2 nitrogen and oxygen atoms in total. The third kappa shape index (κ3) is 1.53. The SMILES string of the molecule is CCOC(=O)c1ccc2ccc3c(cc1-2)C=C3. The van der Waals surface area contributed by atoms with Gasteiger partial charge in [0.05, 0.1) is 12.2 Å². The fourth-order valence-electron chi connectivity index (χ4n) is 2.10. The van der Waals surface area contributed by atoms with E-state index in [0.29, 0.717) is 12.2 Å². The second kappa shape index (κ2) is 3.74. The van der Waals surface area contributed by atoms with Crippen molar-refractivity contribution in [3.8, 4) is 11.1 Å². The molecule has 0 heterocycles. The molecule has 0 unspecified atom stereocenters. The second-order valence-corrected chi connectivity index (χ2v) is 4.06. The van der Waals surface area contributed by atoms with Crippen molar-refractivity contribution < 1.29 is 9.53 Å². The molecular formula is C15H12O2. The van der Waals surface area contributed by atoms with E-state index in [0.717, 1.165) is 11.1 Å². The number of carbonyl (C=O) groups is 1. The van der Waals surface area contributed by atoms with Gasteiger partial charge in [-0.1, -0.05) is 30.4 Å². The fraction of sp³-hybridized carbons (Fsp3) is 0.133. The van der Waals surface area contributed by atoms with Gasteiger partial charge in [0.1, 0.15) is 0 Å². The molecule has 3 rings (SSSR count). The zero-order valence-corrected chi connectivity index (χ0v) is 9.57. The van der Waals surface area contributed by atoms with Gasteiger partial charge in [-0.25, -0.2) is 4.79 Å². The van der Waals surface area contributed by atoms with E-state index in [9.17, 15) is 4.79 Å². The van der Waals surface area contributed by atoms with Crippen LogP contribution in [0.3, 0.4) is 0 Å². The molecule has 3 aliphatic rings. The van der Waals surface area contributed by atoms with Crippen LogP contribution in [0.25, 0.3) is 23.3 Å². The molecule has 0 aliphatic heterocycles. The average Bonchev–Trinajstić information content (AvgIpc) is 2.63. The molecule has 0 saturated heterocycles. The first-order valence-corrected chi connectivity index (χ1v) is 5.71. The Morgan fingerprint density at radius 1 is 1.12 bits per heavy atom. The molecule has 0 fully saturated rings. The number of ether oxygens (including phenoxy) is 1. The molecule has 0 bridgehead atoms. The van der Waals surface area contributed by atoms with Crippen LogP contribution in [0, 0.1) is 0 Å². The van der Waals surface area contributed by atoms with Gasteiger partial charge in [0.25, 0.3) is 0 Å². The highest BCUT2D eigenvalue weighted by Gasteiger charge is 2.17. The molecular weight excluding hydrogens is 212 g/mol. The quantitative estimate of drug-likeness (QED) is 0.623. The van der Waals surface area contributed by atoms with E-state index < -0.39 is 0 Å². The number of hydrogen-bond donors (Lipinski definition) is 0. The summed E-state index contributed by atoms with van der Waals surface area (Å²) in [4.78, 5) is 11.8. The molecule has 0 saturated carbocycles. The summed E-state index contributed by atoms with van der Waals surface area (Å²) in [6, 6.07) is 9.96. The first-order chi connectivity index (χ1) is 8.29. The number of hydrogen-bond acceptors (Lipinski definition) is 2. The van der Waals surface area contributed by atoms with Gasteiger partial charge in [-0.15, -0.1) is 0 Å². The number of esters is 1. The molecule has 3 aliphatic carbocycles. The first kappa shape index (κ1) is 10.1. The van der Waals surface area contributed by atoms with E-state index in [1.165, 1.54) is 11.1 Å². The Kier molecular flexibility index (Phi) is 2.22. The average molecular weight is 224 g/mol. The van der Waals surface area contributed by atoms with Crippen molar-refractivity contribution in [3.63, 3.8) is 0 Å². The lowest BCUT2D eigenvalue weighted by Crippen LogP contribution is -2.04. The predicted octanol–water partition coefficient (Wildman–Crippen LogP) is 3.45. The zero-order chi connectivity index (χ0) is 11.8. The Labute approximate surface area is 99.9 Å². The zero-order valence-electron chi connectivity index (χ0n) is 9.57. The highest BCUT2D eigenvalue weighted by Crippen LogP contribution is 2.33. The molecule has 0 spiro atoms. The van der Waals surface area contributed by atoms with Crippen molar-refractivity contribution in [3.05, 3.63) is 47.0 Å². The van der Waals surface area contributed by atoms with E-state index in [2.05, 4.69) is 24.3 Å². The molecule has 0 aromatic heterocycles. The van der Waals surface area contributed by atoms with E-state index in [-0.39, 0.29) is 5.97 Å². The molecule has 0 radical (unpaired) electrons. The Bertz CT molecular complexity index is 596. The number of fused-ring (bicyclic) bond motifs is 2. The number of rotatable bonds is 2. The van der Waals surface area contributed by atoms with E-state index in [1.807, 2.05) is 25.1 Å². The van der Waals surface area contributed by atoms with Crippen LogP contribution in [0.1, 0.15) is 28.4 Å². The van der Waals surface area contributed by atoms with Crippen LogP contribution < -0.4 is 0 Å². The van der Waals surface area contributed by atoms with Gasteiger partial charge in [-0.3, -0.25) is 0 Å². The summed E-state index contributed by atoms with van der Waals surface area (Å²) in [5.74, 6) is -0.245. The van der Waals surface area contributed by atoms with Gasteiger partial charge in [0.2, 0.25) is 0 Å². The Morgan fingerprint density at radius 2 is 1.88 bits per heavy atom. The molecule has 2 heteroatoms. The van der Waals surface area contributed by atoms with Crippen LogP contribution in [-0.4, -0.2) is 12.6 Å². The largest absolute Gasteiger partial charge is 0.462 e. The Hall–Kier alpha value is -2.09. The predicted molar refractivity (Wildman–Crippen MR) is 67.9 cm³/mol. The van der Waals surface area contributed by atoms with Gasteiger partial charge in [0.15, 0.2) is 0 Å². The van der Waals surface area contributed by atoms with Gasteiger partial charge in [-0.05, 0) is 41.3 Å². The Morgan fingerprint density at radius 3 is 2.59 bits per heavy atom. The topological polar surface area (TPSA) is 26.3 Å². The van der Waals surface area contributed by atoms with Gasteiger partial charge < -0.3 is 4.74 Å². The summed E-state index contributed by atoms with van der Waals surface area (Å²) < 4.78 is 5.06. The first-order valence-electron chi connectivity index (χ1n) is 5.71. The lowest BCUT2D eigenvalue weighted by atomic mass is 10.00. The van der Waals surface area contributed by atoms with Crippen LogP contribution >= 0.6 is 0 Å². The van der Waals surface area contributed by atoms with Gasteiger partial charge >= 0.3 is 5.97 Å². The molecule has 84 valence electrons. The lowest BCUT2D eigenvalue weighted by molar-refractivity contribution is 0.0528. The maximum atomic E-state index is 11.8. The molecule has 0 amide bonds. The maximum absolute atomic E-state index is 11.8. The van der Waals surface area contributed by atoms with Crippen molar-refractivity contribution in [2.75, 3.05) is 6.61 Å². The van der Waals surface area contributed by atoms with Crippen LogP contribution in [-0.2, 0) is 4.74 Å². The monoisotopic (exact) mass is 224 g/mol. The summed E-state index contributed by atoms with van der Waals surface area (Å²) in [7, 11) is 0. The smallest absolute Gasteiger partial charge is 0.338 e. The summed E-state index contributed by atoms with van der Waals surface area (Å²) in [5, 5.41) is 0. The third-order valence-corrected chi connectivity index (χ3v) is 3.04. The van der Waals surface area contributed by atoms with Gasteiger partial charge in [0, 0.05) is 0 Å². The molecule has 0 atom stereocenters. The minimum absolute atomic E-state index is 0.245. The summed E-state index contributed by atoms with van der Waals surface area (Å²) in [5.41, 5.74) is 5.09. The Balaban J connectivity index is 2.12. The molecule has 0 N–H and O–H groups in total. The minimum atomic E-state index is -0.245. The fourth-order valence-corrected chi connectivity index (χ4v) is 2.10. The normalized spacial score (nSPS) is 12.1. The minimum Gasteiger partial charge on any atom is -0.462 e. The van der Waals surface area contributed by atoms with E-state index in [1.54, 1.807) is 0 Å². The van der Waals surface area contributed by atoms with Crippen molar-refractivity contribution in [1.82, 2.24) is 0 Å². The summed E-state index contributed by atoms with van der Waals surface area (Å²) in [6.45, 7) is 2.22. The highest BCUT2D eigenvalue weighted by atomic mass is 16.5. The summed E-state index contributed by atoms with van der Waals surface area (Å²) in [6.07, 6.45) is 4.12. The molecule has 0 aromatic carbocycles. The van der Waals surface area contributed by atoms with Crippen molar-refractivity contribution >= 4 is 18.1 Å². The van der Waals surface area contributed by atoms with E-state index >= 15 is 0 Å². The standard InChI is InChI=1S/C15H12O2/c1-2-17-15(16)13-8-7-11-5-3-10-4-6-12(10)9-14(11)13/h3-9H,2H2,1H3. The lowest BCUT2D eigenvalue weighted by Gasteiger charge is -2.06. The van der Waals surface area contributed by atoms with Crippen LogP contribution in [0.4, 0.5) is 0 Å².